The molecule has 1 amide bonds. The third-order valence-electron chi connectivity index (χ3n) is 5.68. The van der Waals surface area contributed by atoms with Gasteiger partial charge in [0, 0.05) is 24.7 Å². The molecule has 164 valence electrons. The zero-order valence-electron chi connectivity index (χ0n) is 17.5. The number of nitrogens with zero attached hydrogens (tertiary/aromatic N) is 5. The van der Waals surface area contributed by atoms with Gasteiger partial charge in [-0.05, 0) is 36.5 Å². The van der Waals surface area contributed by atoms with E-state index in [9.17, 15) is 13.6 Å². The summed E-state index contributed by atoms with van der Waals surface area (Å²) in [4.78, 5) is 22.8. The molecule has 3 aromatic rings. The van der Waals surface area contributed by atoms with E-state index < -0.39 is 6.43 Å². The van der Waals surface area contributed by atoms with Crippen LogP contribution in [0.1, 0.15) is 61.9 Å². The number of hydrogen-bond donors (Lipinski definition) is 0. The van der Waals surface area contributed by atoms with Crippen LogP contribution in [0.4, 0.5) is 8.78 Å². The Morgan fingerprint density at radius 1 is 1.23 bits per heavy atom. The molecule has 3 heterocycles. The van der Waals surface area contributed by atoms with Gasteiger partial charge < -0.3 is 9.64 Å². The fourth-order valence-corrected chi connectivity index (χ4v) is 3.96. The number of carbonyl (C=O) groups excluding carboxylic acids is 1. The number of hydrogen-bond acceptors (Lipinski definition) is 5. The average molecular weight is 429 g/mol. The van der Waals surface area contributed by atoms with Gasteiger partial charge in [0.25, 0.3) is 18.1 Å². The summed E-state index contributed by atoms with van der Waals surface area (Å²) in [6, 6.07) is 9.13. The molecular formula is C22H25F2N5O2. The fourth-order valence-electron chi connectivity index (χ4n) is 3.96. The zero-order chi connectivity index (χ0) is 22.0. The lowest BCUT2D eigenvalue weighted by Gasteiger charge is -2.32. The monoisotopic (exact) mass is 429 g/mol. The van der Waals surface area contributed by atoms with E-state index in [1.165, 1.54) is 12.4 Å². The number of piperidine rings is 1. The number of ether oxygens (including phenoxy) is 1. The third kappa shape index (κ3) is 4.50. The van der Waals surface area contributed by atoms with Gasteiger partial charge in [-0.2, -0.15) is 14.6 Å². The van der Waals surface area contributed by atoms with Crippen LogP contribution in [-0.2, 0) is 4.79 Å². The highest BCUT2D eigenvalue weighted by atomic mass is 19.3. The normalized spacial score (nSPS) is 15.2. The van der Waals surface area contributed by atoms with Crippen LogP contribution in [0.2, 0.25) is 0 Å². The molecule has 0 bridgehead atoms. The number of aromatic nitrogens is 4. The Labute approximate surface area is 179 Å². The highest BCUT2D eigenvalue weighted by Gasteiger charge is 2.27. The van der Waals surface area contributed by atoms with Crippen molar-refractivity contribution in [2.75, 3.05) is 19.7 Å². The smallest absolute Gasteiger partial charge is 0.280 e. The van der Waals surface area contributed by atoms with E-state index in [1.54, 1.807) is 4.90 Å². The molecule has 1 aliphatic heterocycles. The first kappa shape index (κ1) is 21.1. The lowest BCUT2D eigenvalue weighted by molar-refractivity contribution is -0.134. The van der Waals surface area contributed by atoms with Crippen LogP contribution in [0.5, 0.6) is 5.75 Å². The summed E-state index contributed by atoms with van der Waals surface area (Å²) in [7, 11) is 0. The number of fused-ring (bicyclic) bond motifs is 1. The summed E-state index contributed by atoms with van der Waals surface area (Å²) in [5.74, 6) is 1.11. The number of para-hydroxylation sites is 1. The van der Waals surface area contributed by atoms with Gasteiger partial charge in [0.1, 0.15) is 17.8 Å². The van der Waals surface area contributed by atoms with Gasteiger partial charge in [0.15, 0.2) is 6.61 Å². The number of carbonyl (C=O) groups is 1. The number of halogens is 2. The molecule has 9 heteroatoms. The lowest BCUT2D eigenvalue weighted by atomic mass is 9.93. The van der Waals surface area contributed by atoms with E-state index >= 15 is 0 Å². The summed E-state index contributed by atoms with van der Waals surface area (Å²) < 4.78 is 33.7. The van der Waals surface area contributed by atoms with Crippen molar-refractivity contribution in [2.24, 2.45) is 0 Å². The second kappa shape index (κ2) is 8.95. The topological polar surface area (TPSA) is 72.6 Å². The van der Waals surface area contributed by atoms with Crippen molar-refractivity contribution in [1.29, 1.82) is 0 Å². The molecule has 2 aromatic heterocycles. The molecule has 31 heavy (non-hydrogen) atoms. The van der Waals surface area contributed by atoms with Crippen molar-refractivity contribution in [1.82, 2.24) is 24.5 Å². The molecule has 0 atom stereocenters. The molecule has 0 unspecified atom stereocenters. The first-order chi connectivity index (χ1) is 14.9. The van der Waals surface area contributed by atoms with Gasteiger partial charge in [-0.15, -0.1) is 0 Å². The predicted molar refractivity (Wildman–Crippen MR) is 110 cm³/mol. The summed E-state index contributed by atoms with van der Waals surface area (Å²) >= 11 is 0. The van der Waals surface area contributed by atoms with Crippen molar-refractivity contribution in [3.8, 4) is 5.75 Å². The molecule has 7 nitrogen and oxygen atoms in total. The highest BCUT2D eigenvalue weighted by molar-refractivity contribution is 5.78. The predicted octanol–water partition coefficient (Wildman–Crippen LogP) is 3.97. The van der Waals surface area contributed by atoms with Gasteiger partial charge in [0.2, 0.25) is 0 Å². The Hall–Kier alpha value is -3.10. The number of likely N-dealkylation sites (tertiary alicyclic amines) is 1. The second-order valence-corrected chi connectivity index (χ2v) is 8.01. The number of benzene rings is 1. The van der Waals surface area contributed by atoms with Crippen LogP contribution in [0.25, 0.3) is 5.78 Å². The number of alkyl halides is 2. The van der Waals surface area contributed by atoms with Gasteiger partial charge in [-0.25, -0.2) is 13.8 Å². The lowest BCUT2D eigenvalue weighted by Crippen LogP contribution is -2.40. The maximum atomic E-state index is 13.4. The average Bonchev–Trinajstić information content (AvgIpc) is 3.25. The highest BCUT2D eigenvalue weighted by Crippen LogP contribution is 2.30. The van der Waals surface area contributed by atoms with Crippen molar-refractivity contribution in [2.45, 2.75) is 45.0 Å². The minimum Gasteiger partial charge on any atom is -0.483 e. The first-order valence-electron chi connectivity index (χ1n) is 10.4. The van der Waals surface area contributed by atoms with Crippen LogP contribution in [0.15, 0.2) is 36.7 Å². The summed E-state index contributed by atoms with van der Waals surface area (Å²) in [6.45, 7) is 5.21. The molecule has 1 fully saturated rings. The minimum atomic E-state index is -2.67. The number of rotatable bonds is 6. The van der Waals surface area contributed by atoms with E-state index in [1.807, 2.05) is 24.3 Å². The summed E-state index contributed by atoms with van der Waals surface area (Å²) in [6.07, 6.45) is -0.155. The SMILES string of the molecule is CC(C)c1ccccc1OCC(=O)N1CCC(c2cc(C(F)F)n3ncnc3n2)CC1. The molecule has 0 aliphatic carbocycles. The van der Waals surface area contributed by atoms with Gasteiger partial charge >= 0.3 is 0 Å². The molecular weight excluding hydrogens is 404 g/mol. The molecule has 0 saturated carbocycles. The third-order valence-corrected chi connectivity index (χ3v) is 5.68. The summed E-state index contributed by atoms with van der Waals surface area (Å²) in [5.41, 5.74) is 1.43. The molecule has 0 N–H and O–H groups in total. The fraction of sp³-hybridized carbons (Fsp3) is 0.455. The van der Waals surface area contributed by atoms with Gasteiger partial charge in [0.05, 0.1) is 0 Å². The molecule has 1 saturated heterocycles. The van der Waals surface area contributed by atoms with Crippen LogP contribution in [-0.4, -0.2) is 50.1 Å². The van der Waals surface area contributed by atoms with Crippen LogP contribution >= 0.6 is 0 Å². The zero-order valence-corrected chi connectivity index (χ0v) is 17.5. The molecule has 0 spiro atoms. The van der Waals surface area contributed by atoms with Crippen LogP contribution in [0.3, 0.4) is 0 Å². The first-order valence-corrected chi connectivity index (χ1v) is 10.4. The minimum absolute atomic E-state index is 0.00849. The van der Waals surface area contributed by atoms with Crippen molar-refractivity contribution >= 4 is 11.7 Å². The maximum absolute atomic E-state index is 13.4. The van der Waals surface area contributed by atoms with E-state index in [-0.39, 0.29) is 29.9 Å². The molecule has 1 aliphatic rings. The van der Waals surface area contributed by atoms with Crippen LogP contribution < -0.4 is 4.74 Å². The van der Waals surface area contributed by atoms with Crippen molar-refractivity contribution < 1.29 is 18.3 Å². The van der Waals surface area contributed by atoms with Crippen molar-refractivity contribution in [3.63, 3.8) is 0 Å². The van der Waals surface area contributed by atoms with E-state index in [4.69, 9.17) is 4.74 Å². The maximum Gasteiger partial charge on any atom is 0.280 e. The molecule has 1 aromatic carbocycles. The largest absolute Gasteiger partial charge is 0.483 e. The second-order valence-electron chi connectivity index (χ2n) is 8.01. The standard InChI is InChI=1S/C22H25F2N5O2/c1-14(2)16-5-3-4-6-19(16)31-12-20(30)28-9-7-15(8-10-28)17-11-18(21(23)24)29-22(27-17)25-13-26-29/h3-6,11,13-15,21H,7-10,12H2,1-2H3. The number of amides is 1. The van der Waals surface area contributed by atoms with E-state index in [0.717, 1.165) is 15.8 Å². The van der Waals surface area contributed by atoms with Gasteiger partial charge in [-0.1, -0.05) is 32.0 Å². The van der Waals surface area contributed by atoms with Crippen LogP contribution in [0, 0.1) is 0 Å². The Kier molecular flexibility index (Phi) is 6.11. The quantitative estimate of drug-likeness (QED) is 0.593. The Bertz CT molecular complexity index is 1060. The Morgan fingerprint density at radius 3 is 2.68 bits per heavy atom. The summed E-state index contributed by atoms with van der Waals surface area (Å²) in [5, 5.41) is 3.82. The Morgan fingerprint density at radius 2 is 1.97 bits per heavy atom. The van der Waals surface area contributed by atoms with Crippen molar-refractivity contribution in [3.05, 3.63) is 53.6 Å². The van der Waals surface area contributed by atoms with Gasteiger partial charge in [-0.3, -0.25) is 4.79 Å². The Balaban J connectivity index is 1.38. The van der Waals surface area contributed by atoms with E-state index in [2.05, 4.69) is 28.9 Å². The molecule has 4 rings (SSSR count). The molecule has 0 radical (unpaired) electrons. The van der Waals surface area contributed by atoms with E-state index in [0.29, 0.717) is 37.5 Å².